The van der Waals surface area contributed by atoms with E-state index < -0.39 is 10.0 Å². The summed E-state index contributed by atoms with van der Waals surface area (Å²) in [5.74, 6) is -0.0573. The Morgan fingerprint density at radius 3 is 2.64 bits per heavy atom. The van der Waals surface area contributed by atoms with Gasteiger partial charge in [0.1, 0.15) is 0 Å². The number of piperidine rings is 1. The lowest BCUT2D eigenvalue weighted by Gasteiger charge is -2.34. The predicted molar refractivity (Wildman–Crippen MR) is 109 cm³/mol. The number of aliphatic hydroxyl groups excluding tert-OH is 1. The molecule has 0 radical (unpaired) electrons. The number of benzene rings is 1. The van der Waals surface area contributed by atoms with Crippen LogP contribution in [0.1, 0.15) is 44.1 Å². The molecule has 1 atom stereocenters. The lowest BCUT2D eigenvalue weighted by molar-refractivity contribution is -0.127. The van der Waals surface area contributed by atoms with E-state index in [4.69, 9.17) is 11.6 Å². The van der Waals surface area contributed by atoms with E-state index in [1.165, 1.54) is 4.31 Å². The molecule has 0 spiro atoms. The molecule has 8 heteroatoms. The molecular formula is C20H29ClN2O4S. The molecule has 2 fully saturated rings. The minimum atomic E-state index is -3.68. The topological polar surface area (TPSA) is 86.7 Å². The second kappa shape index (κ2) is 9.11. The largest absolute Gasteiger partial charge is 0.396 e. The number of sulfonamides is 1. The van der Waals surface area contributed by atoms with Gasteiger partial charge in [-0.25, -0.2) is 8.42 Å². The lowest BCUT2D eigenvalue weighted by atomic mass is 9.86. The predicted octanol–water partition coefficient (Wildman–Crippen LogP) is 2.72. The van der Waals surface area contributed by atoms with Crippen molar-refractivity contribution in [3.8, 4) is 0 Å². The number of hydrogen-bond acceptors (Lipinski definition) is 4. The van der Waals surface area contributed by atoms with Gasteiger partial charge in [-0.3, -0.25) is 4.79 Å². The molecule has 28 heavy (non-hydrogen) atoms. The van der Waals surface area contributed by atoms with Crippen LogP contribution >= 0.6 is 11.6 Å². The van der Waals surface area contributed by atoms with E-state index in [9.17, 15) is 18.3 Å². The van der Waals surface area contributed by atoms with Crippen molar-refractivity contribution in [2.45, 2.75) is 56.4 Å². The molecule has 2 N–H and O–H groups in total. The fraction of sp³-hybridized carbons (Fsp3) is 0.650. The Kier molecular flexibility index (Phi) is 7.02. The molecule has 1 saturated heterocycles. The Bertz CT molecular complexity index is 806. The van der Waals surface area contributed by atoms with E-state index in [1.807, 2.05) is 0 Å². The van der Waals surface area contributed by atoms with Crippen LogP contribution in [0.5, 0.6) is 0 Å². The molecule has 156 valence electrons. The summed E-state index contributed by atoms with van der Waals surface area (Å²) in [6, 6.07) is 5.00. The fourth-order valence-corrected chi connectivity index (χ4v) is 6.19. The van der Waals surface area contributed by atoms with Crippen LogP contribution in [-0.2, 0) is 14.8 Å². The number of halogens is 1. The van der Waals surface area contributed by atoms with E-state index in [2.05, 4.69) is 5.32 Å². The lowest BCUT2D eigenvalue weighted by Crippen LogP contribution is -2.48. The van der Waals surface area contributed by atoms with E-state index in [1.54, 1.807) is 25.1 Å². The highest BCUT2D eigenvalue weighted by molar-refractivity contribution is 7.89. The second-order valence-electron chi connectivity index (χ2n) is 7.97. The average Bonchev–Trinajstić information content (AvgIpc) is 2.70. The summed E-state index contributed by atoms with van der Waals surface area (Å²) in [6.45, 7) is 2.52. The van der Waals surface area contributed by atoms with Gasteiger partial charge in [0.05, 0.1) is 10.8 Å². The summed E-state index contributed by atoms with van der Waals surface area (Å²) < 4.78 is 27.6. The summed E-state index contributed by atoms with van der Waals surface area (Å²) in [6.07, 6.45) is 4.93. The van der Waals surface area contributed by atoms with Crippen molar-refractivity contribution in [3.05, 3.63) is 28.8 Å². The Labute approximate surface area is 172 Å². The zero-order valence-electron chi connectivity index (χ0n) is 16.2. The van der Waals surface area contributed by atoms with Crippen LogP contribution in [0.2, 0.25) is 5.02 Å². The van der Waals surface area contributed by atoms with E-state index >= 15 is 0 Å². The van der Waals surface area contributed by atoms with Gasteiger partial charge in [-0.2, -0.15) is 4.31 Å². The van der Waals surface area contributed by atoms with Crippen molar-refractivity contribution in [1.29, 1.82) is 0 Å². The molecule has 1 saturated carbocycles. The summed E-state index contributed by atoms with van der Waals surface area (Å²) in [5.41, 5.74) is 0.538. The molecule has 3 rings (SSSR count). The van der Waals surface area contributed by atoms with Gasteiger partial charge in [-0.1, -0.05) is 17.7 Å². The Hall–Kier alpha value is -1.15. The van der Waals surface area contributed by atoms with Crippen molar-refractivity contribution >= 4 is 27.5 Å². The van der Waals surface area contributed by atoms with Crippen LogP contribution in [-0.4, -0.2) is 49.5 Å². The van der Waals surface area contributed by atoms with Gasteiger partial charge in [0.2, 0.25) is 15.9 Å². The number of carbonyl (C=O) groups is 1. The first kappa shape index (κ1) is 21.6. The first-order valence-electron chi connectivity index (χ1n) is 9.99. The van der Waals surface area contributed by atoms with Crippen molar-refractivity contribution in [1.82, 2.24) is 9.62 Å². The van der Waals surface area contributed by atoms with Crippen LogP contribution < -0.4 is 5.32 Å². The van der Waals surface area contributed by atoms with Gasteiger partial charge >= 0.3 is 0 Å². The highest BCUT2D eigenvalue weighted by atomic mass is 35.5. The van der Waals surface area contributed by atoms with Gasteiger partial charge in [0.15, 0.2) is 0 Å². The fourth-order valence-electron chi connectivity index (χ4n) is 4.19. The maximum absolute atomic E-state index is 13.1. The number of rotatable bonds is 5. The molecule has 1 aromatic carbocycles. The Balaban J connectivity index is 1.65. The second-order valence-corrected chi connectivity index (χ2v) is 10.3. The van der Waals surface area contributed by atoms with Crippen molar-refractivity contribution in [2.24, 2.45) is 11.8 Å². The molecule has 1 amide bonds. The Morgan fingerprint density at radius 1 is 1.25 bits per heavy atom. The maximum atomic E-state index is 13.1. The number of nitrogens with zero attached hydrogens (tertiary/aromatic N) is 1. The molecule has 1 aromatic rings. The van der Waals surface area contributed by atoms with Gasteiger partial charge in [-0.05, 0) is 69.1 Å². The van der Waals surface area contributed by atoms with Gasteiger partial charge < -0.3 is 10.4 Å². The monoisotopic (exact) mass is 428 g/mol. The highest BCUT2D eigenvalue weighted by Gasteiger charge is 2.35. The van der Waals surface area contributed by atoms with Gasteiger partial charge in [0.25, 0.3) is 0 Å². The summed E-state index contributed by atoms with van der Waals surface area (Å²) in [5, 5.41) is 12.8. The van der Waals surface area contributed by atoms with Crippen molar-refractivity contribution in [3.63, 3.8) is 0 Å². The number of amides is 1. The van der Waals surface area contributed by atoms with E-state index in [0.717, 1.165) is 25.7 Å². The van der Waals surface area contributed by atoms with Crippen LogP contribution in [0.3, 0.4) is 0 Å². The molecule has 0 unspecified atom stereocenters. The first-order valence-corrected chi connectivity index (χ1v) is 11.8. The van der Waals surface area contributed by atoms with Crippen LogP contribution in [0.15, 0.2) is 23.1 Å². The summed E-state index contributed by atoms with van der Waals surface area (Å²) >= 11 is 6.10. The molecule has 2 aliphatic rings. The van der Waals surface area contributed by atoms with Crippen molar-refractivity contribution in [2.75, 3.05) is 19.7 Å². The standard InChI is InChI=1S/C20H29ClN2O4S/c1-14-18(21)5-2-6-19(14)28(26,27)23-11-3-4-16(12-23)20(25)22-17-9-7-15(13-24)8-10-17/h2,5-6,15-17,24H,3-4,7-13H2,1H3,(H,22,25)/t15?,16-,17?/m0/s1. The van der Waals surface area contributed by atoms with Gasteiger partial charge in [-0.15, -0.1) is 0 Å². The smallest absolute Gasteiger partial charge is 0.243 e. The zero-order chi connectivity index (χ0) is 20.3. The number of aliphatic hydroxyl groups is 1. The third-order valence-electron chi connectivity index (χ3n) is 6.04. The molecule has 0 aromatic heterocycles. The third kappa shape index (κ3) is 4.70. The normalized spacial score (nSPS) is 26.8. The first-order chi connectivity index (χ1) is 13.3. The Morgan fingerprint density at radius 2 is 1.96 bits per heavy atom. The molecule has 1 aliphatic heterocycles. The summed E-state index contributed by atoms with van der Waals surface area (Å²) in [7, 11) is -3.68. The van der Waals surface area contributed by atoms with Crippen LogP contribution in [0.4, 0.5) is 0 Å². The number of hydrogen-bond donors (Lipinski definition) is 2. The minimum absolute atomic E-state index is 0.0600. The summed E-state index contributed by atoms with van der Waals surface area (Å²) in [4.78, 5) is 13.0. The highest BCUT2D eigenvalue weighted by Crippen LogP contribution is 2.29. The molecule has 0 bridgehead atoms. The van der Waals surface area contributed by atoms with Crippen molar-refractivity contribution < 1.29 is 18.3 Å². The van der Waals surface area contributed by atoms with Crippen LogP contribution in [0.25, 0.3) is 0 Å². The maximum Gasteiger partial charge on any atom is 0.243 e. The number of nitrogens with one attached hydrogen (secondary N) is 1. The average molecular weight is 429 g/mol. The SMILES string of the molecule is Cc1c(Cl)cccc1S(=O)(=O)N1CCC[C@H](C(=O)NC2CCC(CO)CC2)C1. The third-order valence-corrected chi connectivity index (χ3v) is 8.46. The van der Waals surface area contributed by atoms with Gasteiger partial charge in [0, 0.05) is 30.8 Å². The van der Waals surface area contributed by atoms with Crippen LogP contribution in [0, 0.1) is 18.8 Å². The minimum Gasteiger partial charge on any atom is -0.396 e. The number of carbonyl (C=O) groups excluding carboxylic acids is 1. The van der Waals surface area contributed by atoms with E-state index in [-0.39, 0.29) is 35.9 Å². The molecule has 6 nitrogen and oxygen atoms in total. The molecule has 1 aliphatic carbocycles. The molecule has 1 heterocycles. The zero-order valence-corrected chi connectivity index (χ0v) is 17.8. The quantitative estimate of drug-likeness (QED) is 0.754. The van der Waals surface area contributed by atoms with E-state index in [0.29, 0.717) is 35.9 Å². The molecular weight excluding hydrogens is 400 g/mol.